The minimum Gasteiger partial charge on any atom is -0.465 e. The van der Waals surface area contributed by atoms with Crippen molar-refractivity contribution in [2.45, 2.75) is 59.5 Å². The van der Waals surface area contributed by atoms with Crippen LogP contribution in [0.3, 0.4) is 0 Å². The zero-order chi connectivity index (χ0) is 15.9. The third-order valence-electron chi connectivity index (χ3n) is 4.28. The second kappa shape index (κ2) is 5.51. The number of nitrogens with zero attached hydrogens (tertiary/aromatic N) is 3. The standard InChI is InChI=1S/C18H25N3O/c1-12-8-15(22-13(12)2)11-21-7-6-16-14(10-21)9-19-17(20-16)18(3,4)5/h8-9H,6-7,10-11H2,1-5H3. The molecule has 2 aromatic heterocycles. The number of aryl methyl sites for hydroxylation is 2. The first-order valence-corrected chi connectivity index (χ1v) is 7.96. The Labute approximate surface area is 132 Å². The van der Waals surface area contributed by atoms with Crippen molar-refractivity contribution in [3.63, 3.8) is 0 Å². The molecule has 3 rings (SSSR count). The zero-order valence-corrected chi connectivity index (χ0v) is 14.2. The van der Waals surface area contributed by atoms with Crippen LogP contribution in [0.25, 0.3) is 0 Å². The van der Waals surface area contributed by atoms with E-state index in [0.29, 0.717) is 0 Å². The maximum absolute atomic E-state index is 5.80. The van der Waals surface area contributed by atoms with Gasteiger partial charge in [-0.25, -0.2) is 9.97 Å². The monoisotopic (exact) mass is 299 g/mol. The lowest BCUT2D eigenvalue weighted by atomic mass is 9.95. The Hall–Kier alpha value is -1.68. The average molecular weight is 299 g/mol. The molecule has 0 aromatic carbocycles. The molecule has 22 heavy (non-hydrogen) atoms. The fraction of sp³-hybridized carbons (Fsp3) is 0.556. The summed E-state index contributed by atoms with van der Waals surface area (Å²) >= 11 is 0. The molecule has 1 aliphatic heterocycles. The summed E-state index contributed by atoms with van der Waals surface area (Å²) in [5.74, 6) is 3.01. The Bertz CT molecular complexity index is 663. The van der Waals surface area contributed by atoms with E-state index in [0.717, 1.165) is 43.4 Å². The lowest BCUT2D eigenvalue weighted by Crippen LogP contribution is -2.31. The lowest BCUT2D eigenvalue weighted by Gasteiger charge is -2.28. The van der Waals surface area contributed by atoms with Crippen LogP contribution in [0.5, 0.6) is 0 Å². The summed E-state index contributed by atoms with van der Waals surface area (Å²) in [5.41, 5.74) is 3.70. The van der Waals surface area contributed by atoms with E-state index in [2.05, 4.69) is 43.6 Å². The molecule has 0 unspecified atom stereocenters. The minimum absolute atomic E-state index is 0.00931. The number of rotatable bonds is 2. The van der Waals surface area contributed by atoms with Crippen molar-refractivity contribution >= 4 is 0 Å². The van der Waals surface area contributed by atoms with Crippen molar-refractivity contribution in [2.75, 3.05) is 6.54 Å². The normalized spacial score (nSPS) is 15.9. The van der Waals surface area contributed by atoms with Crippen LogP contribution in [0.2, 0.25) is 0 Å². The van der Waals surface area contributed by atoms with Gasteiger partial charge in [-0.15, -0.1) is 0 Å². The Morgan fingerprint density at radius 2 is 2.05 bits per heavy atom. The van der Waals surface area contributed by atoms with E-state index in [9.17, 15) is 0 Å². The molecule has 0 aliphatic carbocycles. The van der Waals surface area contributed by atoms with Gasteiger partial charge in [-0.1, -0.05) is 20.8 Å². The van der Waals surface area contributed by atoms with Gasteiger partial charge in [0.15, 0.2) is 0 Å². The summed E-state index contributed by atoms with van der Waals surface area (Å²) in [7, 11) is 0. The van der Waals surface area contributed by atoms with Crippen LogP contribution in [0, 0.1) is 13.8 Å². The van der Waals surface area contributed by atoms with E-state index >= 15 is 0 Å². The zero-order valence-electron chi connectivity index (χ0n) is 14.2. The summed E-state index contributed by atoms with van der Waals surface area (Å²) in [6.07, 6.45) is 2.99. The molecule has 0 radical (unpaired) electrons. The van der Waals surface area contributed by atoms with Crippen molar-refractivity contribution in [3.8, 4) is 0 Å². The molecule has 0 fully saturated rings. The third-order valence-corrected chi connectivity index (χ3v) is 4.28. The Morgan fingerprint density at radius 3 is 2.68 bits per heavy atom. The van der Waals surface area contributed by atoms with Crippen LogP contribution in [0.1, 0.15) is 54.9 Å². The number of fused-ring (bicyclic) bond motifs is 1. The van der Waals surface area contributed by atoms with Gasteiger partial charge in [0.25, 0.3) is 0 Å². The van der Waals surface area contributed by atoms with Crippen LogP contribution < -0.4 is 0 Å². The van der Waals surface area contributed by atoms with Crippen LogP contribution in [0.15, 0.2) is 16.7 Å². The van der Waals surface area contributed by atoms with Crippen molar-refractivity contribution in [2.24, 2.45) is 0 Å². The van der Waals surface area contributed by atoms with Gasteiger partial charge in [0.05, 0.1) is 6.54 Å². The molecule has 3 heterocycles. The van der Waals surface area contributed by atoms with E-state index < -0.39 is 0 Å². The van der Waals surface area contributed by atoms with Gasteiger partial charge in [0, 0.05) is 42.4 Å². The van der Waals surface area contributed by atoms with E-state index in [4.69, 9.17) is 9.40 Å². The summed E-state index contributed by atoms with van der Waals surface area (Å²) in [6.45, 7) is 13.4. The average Bonchev–Trinajstić information content (AvgIpc) is 2.75. The maximum atomic E-state index is 5.80. The van der Waals surface area contributed by atoms with Gasteiger partial charge in [-0.3, -0.25) is 4.90 Å². The van der Waals surface area contributed by atoms with E-state index in [1.807, 2.05) is 13.1 Å². The highest BCUT2D eigenvalue weighted by Gasteiger charge is 2.23. The predicted octanol–water partition coefficient (Wildman–Crippen LogP) is 3.54. The third kappa shape index (κ3) is 3.07. The lowest BCUT2D eigenvalue weighted by molar-refractivity contribution is 0.221. The number of aromatic nitrogens is 2. The van der Waals surface area contributed by atoms with E-state index in [1.54, 1.807) is 0 Å². The molecule has 0 N–H and O–H groups in total. The van der Waals surface area contributed by atoms with Crippen molar-refractivity contribution in [3.05, 3.63) is 46.4 Å². The van der Waals surface area contributed by atoms with Gasteiger partial charge in [0.1, 0.15) is 17.3 Å². The van der Waals surface area contributed by atoms with Gasteiger partial charge in [0.2, 0.25) is 0 Å². The smallest absolute Gasteiger partial charge is 0.133 e. The van der Waals surface area contributed by atoms with Crippen LogP contribution >= 0.6 is 0 Å². The molecule has 0 spiro atoms. The second-order valence-corrected chi connectivity index (χ2v) is 7.33. The molecule has 0 atom stereocenters. The fourth-order valence-corrected chi connectivity index (χ4v) is 2.82. The van der Waals surface area contributed by atoms with E-state index in [-0.39, 0.29) is 5.41 Å². The SMILES string of the molecule is Cc1cc(CN2CCc3nc(C(C)(C)C)ncc3C2)oc1C. The molecule has 4 nitrogen and oxygen atoms in total. The molecule has 0 amide bonds. The first-order valence-electron chi connectivity index (χ1n) is 7.96. The molecule has 2 aromatic rings. The van der Waals surface area contributed by atoms with Crippen molar-refractivity contribution in [1.82, 2.24) is 14.9 Å². The molecular weight excluding hydrogens is 274 g/mol. The largest absolute Gasteiger partial charge is 0.465 e. The topological polar surface area (TPSA) is 42.2 Å². The summed E-state index contributed by atoms with van der Waals surface area (Å²) < 4.78 is 5.80. The van der Waals surface area contributed by atoms with E-state index in [1.165, 1.54) is 16.8 Å². The Kier molecular flexibility index (Phi) is 3.81. The molecule has 1 aliphatic rings. The molecule has 4 heteroatoms. The van der Waals surface area contributed by atoms with Crippen LogP contribution in [0.4, 0.5) is 0 Å². The highest BCUT2D eigenvalue weighted by atomic mass is 16.3. The summed E-state index contributed by atoms with van der Waals surface area (Å²) in [6, 6.07) is 2.14. The van der Waals surface area contributed by atoms with Crippen LogP contribution in [-0.4, -0.2) is 21.4 Å². The van der Waals surface area contributed by atoms with Gasteiger partial charge in [-0.05, 0) is 25.5 Å². The van der Waals surface area contributed by atoms with Gasteiger partial charge < -0.3 is 4.42 Å². The first kappa shape index (κ1) is 15.2. The second-order valence-electron chi connectivity index (χ2n) is 7.33. The highest BCUT2D eigenvalue weighted by Crippen LogP contribution is 2.24. The minimum atomic E-state index is 0.00931. The van der Waals surface area contributed by atoms with Gasteiger partial charge >= 0.3 is 0 Å². The molecule has 118 valence electrons. The molecule has 0 saturated carbocycles. The van der Waals surface area contributed by atoms with Crippen molar-refractivity contribution in [1.29, 1.82) is 0 Å². The number of hydrogen-bond acceptors (Lipinski definition) is 4. The predicted molar refractivity (Wildman–Crippen MR) is 86.7 cm³/mol. The summed E-state index contributed by atoms with van der Waals surface area (Å²) in [4.78, 5) is 11.7. The molecule has 0 bridgehead atoms. The quantitative estimate of drug-likeness (QED) is 0.850. The fourth-order valence-electron chi connectivity index (χ4n) is 2.82. The first-order chi connectivity index (χ1) is 10.3. The Balaban J connectivity index is 1.74. The number of furan rings is 1. The molecule has 0 saturated heterocycles. The number of hydrogen-bond donors (Lipinski definition) is 0. The maximum Gasteiger partial charge on any atom is 0.133 e. The van der Waals surface area contributed by atoms with Gasteiger partial charge in [-0.2, -0.15) is 0 Å². The summed E-state index contributed by atoms with van der Waals surface area (Å²) in [5, 5.41) is 0. The highest BCUT2D eigenvalue weighted by molar-refractivity contribution is 5.23. The Morgan fingerprint density at radius 1 is 1.27 bits per heavy atom. The van der Waals surface area contributed by atoms with Crippen molar-refractivity contribution < 1.29 is 4.42 Å². The van der Waals surface area contributed by atoms with Crippen LogP contribution in [-0.2, 0) is 24.9 Å². The molecular formula is C18H25N3O.